The number of hydrogen-bond acceptors (Lipinski definition) is 2. The number of nitrogens with one attached hydrogen (secondary N) is 1. The van der Waals surface area contributed by atoms with Crippen LogP contribution < -0.4 is 5.32 Å². The Kier molecular flexibility index (Phi) is 5.10. The monoisotopic (exact) mass is 287 g/mol. The third-order valence-corrected chi connectivity index (χ3v) is 4.01. The Morgan fingerprint density at radius 3 is 2.67 bits per heavy atom. The molecule has 2 N–H and O–H groups in total. The largest absolute Gasteiger partial charge is 0.392 e. The van der Waals surface area contributed by atoms with Crippen LogP contribution in [0.4, 0.5) is 4.39 Å². The number of rotatable bonds is 5. The zero-order valence-electron chi connectivity index (χ0n) is 12.8. The van der Waals surface area contributed by atoms with Crippen molar-refractivity contribution in [1.29, 1.82) is 0 Å². The molecule has 2 aromatic rings. The second-order valence-electron chi connectivity index (χ2n) is 5.48. The average Bonchev–Trinajstić information content (AvgIpc) is 2.49. The van der Waals surface area contributed by atoms with Gasteiger partial charge in [-0.25, -0.2) is 4.39 Å². The summed E-state index contributed by atoms with van der Waals surface area (Å²) in [4.78, 5) is 0. The molecule has 0 aliphatic rings. The number of aryl methyl sites for hydroxylation is 1. The van der Waals surface area contributed by atoms with E-state index in [1.54, 1.807) is 12.1 Å². The normalized spacial score (nSPS) is 12.4. The highest BCUT2D eigenvalue weighted by Crippen LogP contribution is 2.20. The molecule has 0 radical (unpaired) electrons. The molecule has 0 amide bonds. The third-order valence-electron chi connectivity index (χ3n) is 4.01. The van der Waals surface area contributed by atoms with Crippen molar-refractivity contribution in [2.24, 2.45) is 0 Å². The molecular weight excluding hydrogens is 265 g/mol. The van der Waals surface area contributed by atoms with Gasteiger partial charge in [-0.3, -0.25) is 0 Å². The molecule has 21 heavy (non-hydrogen) atoms. The lowest BCUT2D eigenvalue weighted by Crippen LogP contribution is -2.19. The lowest BCUT2D eigenvalue weighted by Gasteiger charge is -2.18. The molecule has 0 aliphatic heterocycles. The minimum absolute atomic E-state index is 0.215. The summed E-state index contributed by atoms with van der Waals surface area (Å²) in [7, 11) is 0. The summed E-state index contributed by atoms with van der Waals surface area (Å²) in [6.07, 6.45) is 0. The quantitative estimate of drug-likeness (QED) is 0.877. The number of halogens is 1. The van der Waals surface area contributed by atoms with Crippen LogP contribution in [0.15, 0.2) is 36.4 Å². The van der Waals surface area contributed by atoms with Gasteiger partial charge in [-0.15, -0.1) is 0 Å². The molecule has 1 unspecified atom stereocenters. The van der Waals surface area contributed by atoms with Gasteiger partial charge in [0.15, 0.2) is 0 Å². The minimum atomic E-state index is -0.358. The van der Waals surface area contributed by atoms with Crippen LogP contribution in [0.25, 0.3) is 0 Å². The highest BCUT2D eigenvalue weighted by molar-refractivity contribution is 5.35. The van der Waals surface area contributed by atoms with E-state index < -0.39 is 0 Å². The summed E-state index contributed by atoms with van der Waals surface area (Å²) in [6, 6.07) is 11.4. The molecule has 3 heteroatoms. The van der Waals surface area contributed by atoms with E-state index in [4.69, 9.17) is 5.11 Å². The molecule has 0 aliphatic carbocycles. The summed E-state index contributed by atoms with van der Waals surface area (Å²) in [5, 5.41) is 12.6. The molecule has 0 saturated heterocycles. The second-order valence-corrected chi connectivity index (χ2v) is 5.48. The van der Waals surface area contributed by atoms with Crippen LogP contribution in [0.5, 0.6) is 0 Å². The lowest BCUT2D eigenvalue weighted by atomic mass is 9.98. The molecule has 0 heterocycles. The maximum Gasteiger partial charge on any atom is 0.128 e. The van der Waals surface area contributed by atoms with E-state index in [0.717, 1.165) is 5.56 Å². The van der Waals surface area contributed by atoms with Gasteiger partial charge in [0.05, 0.1) is 6.61 Å². The molecule has 2 nitrogen and oxygen atoms in total. The topological polar surface area (TPSA) is 32.3 Å². The minimum Gasteiger partial charge on any atom is -0.392 e. The maximum absolute atomic E-state index is 13.4. The van der Waals surface area contributed by atoms with Gasteiger partial charge in [-0.2, -0.15) is 0 Å². The Bertz CT molecular complexity index is 625. The maximum atomic E-state index is 13.4. The van der Waals surface area contributed by atoms with E-state index in [0.29, 0.717) is 12.1 Å². The first-order valence-corrected chi connectivity index (χ1v) is 7.20. The van der Waals surface area contributed by atoms with Gasteiger partial charge in [0.25, 0.3) is 0 Å². The van der Waals surface area contributed by atoms with Crippen molar-refractivity contribution in [2.45, 2.75) is 40.0 Å². The molecule has 0 aromatic heterocycles. The van der Waals surface area contributed by atoms with Crippen molar-refractivity contribution in [3.05, 3.63) is 70.0 Å². The summed E-state index contributed by atoms with van der Waals surface area (Å²) in [5.41, 5.74) is 5.17. The highest BCUT2D eigenvalue weighted by Gasteiger charge is 2.09. The van der Waals surface area contributed by atoms with Crippen molar-refractivity contribution in [2.75, 3.05) is 0 Å². The van der Waals surface area contributed by atoms with Gasteiger partial charge in [0.2, 0.25) is 0 Å². The van der Waals surface area contributed by atoms with Gasteiger partial charge in [0, 0.05) is 18.2 Å². The fourth-order valence-electron chi connectivity index (χ4n) is 2.48. The molecular formula is C18H22FNO. The predicted molar refractivity (Wildman–Crippen MR) is 83.5 cm³/mol. The summed E-state index contributed by atoms with van der Waals surface area (Å²) in [5.74, 6) is -0.358. The number of aliphatic hydroxyl groups is 1. The van der Waals surface area contributed by atoms with Gasteiger partial charge >= 0.3 is 0 Å². The van der Waals surface area contributed by atoms with Gasteiger partial charge in [0.1, 0.15) is 5.82 Å². The van der Waals surface area contributed by atoms with Crippen molar-refractivity contribution in [3.8, 4) is 0 Å². The Hall–Kier alpha value is -1.71. The number of aliphatic hydroxyl groups excluding tert-OH is 1. The van der Waals surface area contributed by atoms with E-state index in [1.807, 2.05) is 0 Å². The molecule has 2 aromatic carbocycles. The lowest BCUT2D eigenvalue weighted by molar-refractivity contribution is 0.275. The van der Waals surface area contributed by atoms with E-state index >= 15 is 0 Å². The van der Waals surface area contributed by atoms with E-state index in [-0.39, 0.29) is 18.5 Å². The van der Waals surface area contributed by atoms with Crippen LogP contribution in [0.2, 0.25) is 0 Å². The molecule has 0 saturated carbocycles. The van der Waals surface area contributed by atoms with Crippen molar-refractivity contribution >= 4 is 0 Å². The van der Waals surface area contributed by atoms with Gasteiger partial charge in [-0.1, -0.05) is 24.3 Å². The molecule has 0 fully saturated rings. The Morgan fingerprint density at radius 1 is 1.19 bits per heavy atom. The van der Waals surface area contributed by atoms with Gasteiger partial charge in [-0.05, 0) is 55.2 Å². The molecule has 112 valence electrons. The van der Waals surface area contributed by atoms with Crippen molar-refractivity contribution in [3.63, 3.8) is 0 Å². The van der Waals surface area contributed by atoms with Crippen LogP contribution in [-0.2, 0) is 13.2 Å². The van der Waals surface area contributed by atoms with Crippen LogP contribution in [0.1, 0.15) is 40.8 Å². The standard InChI is InChI=1S/C18H22FNO/c1-12-5-4-6-17(13(12)2)14(3)20-10-15-7-8-18(19)16(9-15)11-21/h4-9,14,20-21H,10-11H2,1-3H3. The fraction of sp³-hybridized carbons (Fsp3) is 0.333. The molecule has 0 spiro atoms. The predicted octanol–water partition coefficient (Wildman–Crippen LogP) is 3.79. The SMILES string of the molecule is Cc1cccc(C(C)NCc2ccc(F)c(CO)c2)c1C. The summed E-state index contributed by atoms with van der Waals surface area (Å²) in [6.45, 7) is 6.73. The Balaban J connectivity index is 2.07. The van der Waals surface area contributed by atoms with E-state index in [9.17, 15) is 4.39 Å². The molecule has 1 atom stereocenters. The number of hydrogen-bond donors (Lipinski definition) is 2. The summed E-state index contributed by atoms with van der Waals surface area (Å²) < 4.78 is 13.4. The van der Waals surface area contributed by atoms with Crippen LogP contribution in [-0.4, -0.2) is 5.11 Å². The first-order chi connectivity index (χ1) is 10.0. The van der Waals surface area contributed by atoms with Crippen LogP contribution in [0, 0.1) is 19.7 Å². The Labute approximate surface area is 125 Å². The van der Waals surface area contributed by atoms with Gasteiger partial charge < -0.3 is 10.4 Å². The smallest absolute Gasteiger partial charge is 0.128 e. The number of benzene rings is 2. The van der Waals surface area contributed by atoms with E-state index in [2.05, 4.69) is 44.3 Å². The molecule has 2 rings (SSSR count). The average molecular weight is 287 g/mol. The fourth-order valence-corrected chi connectivity index (χ4v) is 2.48. The summed E-state index contributed by atoms with van der Waals surface area (Å²) >= 11 is 0. The van der Waals surface area contributed by atoms with E-state index in [1.165, 1.54) is 22.8 Å². The Morgan fingerprint density at radius 2 is 1.95 bits per heavy atom. The van der Waals surface area contributed by atoms with Crippen molar-refractivity contribution in [1.82, 2.24) is 5.32 Å². The van der Waals surface area contributed by atoms with Crippen LogP contribution >= 0.6 is 0 Å². The zero-order valence-corrected chi connectivity index (χ0v) is 12.8. The van der Waals surface area contributed by atoms with Crippen LogP contribution in [0.3, 0.4) is 0 Å². The first kappa shape index (κ1) is 15.7. The zero-order chi connectivity index (χ0) is 15.4. The highest BCUT2D eigenvalue weighted by atomic mass is 19.1. The molecule has 0 bridgehead atoms. The first-order valence-electron chi connectivity index (χ1n) is 7.20. The third kappa shape index (κ3) is 3.69. The second kappa shape index (κ2) is 6.83. The van der Waals surface area contributed by atoms with Crippen molar-refractivity contribution < 1.29 is 9.50 Å².